The Hall–Kier alpha value is -0.380. The van der Waals surface area contributed by atoms with E-state index in [-0.39, 0.29) is 0 Å². The Morgan fingerprint density at radius 2 is 1.95 bits per heavy atom. The molecule has 0 amide bonds. The van der Waals surface area contributed by atoms with Gasteiger partial charge >= 0.3 is 0 Å². The summed E-state index contributed by atoms with van der Waals surface area (Å²) in [6.07, 6.45) is 1.19. The monoisotopic (exact) mass is 354 g/mol. The van der Waals surface area contributed by atoms with Crippen molar-refractivity contribution in [2.75, 3.05) is 26.7 Å². The molecule has 0 aliphatic rings. The largest absolute Gasteiger partial charge is 0.316 e. The quantitative estimate of drug-likeness (QED) is 0.699. The van der Waals surface area contributed by atoms with Gasteiger partial charge in [0.1, 0.15) is 0 Å². The van der Waals surface area contributed by atoms with Gasteiger partial charge in [-0.3, -0.25) is 0 Å². The molecule has 0 radical (unpaired) electrons. The van der Waals surface area contributed by atoms with Crippen LogP contribution in [0.25, 0.3) is 0 Å². The van der Waals surface area contributed by atoms with E-state index < -0.39 is 0 Å². The van der Waals surface area contributed by atoms with Crippen LogP contribution in [0.1, 0.15) is 39.7 Å². The maximum absolute atomic E-state index is 3.64. The van der Waals surface area contributed by atoms with Crippen LogP contribution in [0, 0.1) is 11.3 Å². The molecule has 0 heterocycles. The number of nitrogens with zero attached hydrogens (tertiary/aromatic N) is 1. The van der Waals surface area contributed by atoms with E-state index in [0.29, 0.717) is 11.3 Å². The molecular weight excluding hydrogens is 324 g/mol. The number of hydrogen-bond acceptors (Lipinski definition) is 2. The van der Waals surface area contributed by atoms with Crippen LogP contribution >= 0.6 is 15.9 Å². The number of benzene rings is 1. The molecule has 2 nitrogen and oxygen atoms in total. The molecule has 0 saturated heterocycles. The number of halogens is 1. The first-order chi connectivity index (χ1) is 9.86. The standard InChI is InChI=1S/C18H31BrN2/c1-6-18(4,13-20-11-15(2)3)14-21(5)12-16-9-7-8-10-17(16)19/h7-10,15,20H,6,11-14H2,1-5H3. The molecule has 0 spiro atoms. The molecule has 0 saturated carbocycles. The minimum atomic E-state index is 0.324. The third-order valence-corrected chi connectivity index (χ3v) is 4.78. The predicted octanol–water partition coefficient (Wildman–Crippen LogP) is 4.54. The summed E-state index contributed by atoms with van der Waals surface area (Å²) in [5.74, 6) is 0.712. The molecule has 0 bridgehead atoms. The molecule has 120 valence electrons. The SMILES string of the molecule is CCC(C)(CNCC(C)C)CN(C)Cc1ccccc1Br. The third kappa shape index (κ3) is 6.94. The second-order valence-corrected chi connectivity index (χ2v) is 7.81. The van der Waals surface area contributed by atoms with Gasteiger partial charge in [-0.15, -0.1) is 0 Å². The van der Waals surface area contributed by atoms with Gasteiger partial charge in [0.2, 0.25) is 0 Å². The van der Waals surface area contributed by atoms with Crippen LogP contribution in [0.4, 0.5) is 0 Å². The van der Waals surface area contributed by atoms with Crippen molar-refractivity contribution in [3.63, 3.8) is 0 Å². The fraction of sp³-hybridized carbons (Fsp3) is 0.667. The summed E-state index contributed by atoms with van der Waals surface area (Å²) in [7, 11) is 2.22. The van der Waals surface area contributed by atoms with Crippen LogP contribution in [0.5, 0.6) is 0 Å². The summed E-state index contributed by atoms with van der Waals surface area (Å²) in [6.45, 7) is 13.5. The summed E-state index contributed by atoms with van der Waals surface area (Å²) < 4.78 is 1.20. The van der Waals surface area contributed by atoms with Crippen molar-refractivity contribution in [2.24, 2.45) is 11.3 Å². The van der Waals surface area contributed by atoms with Crippen molar-refractivity contribution < 1.29 is 0 Å². The maximum Gasteiger partial charge on any atom is 0.0242 e. The highest BCUT2D eigenvalue weighted by Crippen LogP contribution is 2.23. The molecule has 0 aliphatic heterocycles. The van der Waals surface area contributed by atoms with E-state index >= 15 is 0 Å². The average molecular weight is 355 g/mol. The minimum absolute atomic E-state index is 0.324. The number of hydrogen-bond donors (Lipinski definition) is 1. The first kappa shape index (κ1) is 18.7. The molecule has 3 heteroatoms. The Bertz CT molecular complexity index is 419. The van der Waals surface area contributed by atoms with Crippen molar-refractivity contribution in [1.82, 2.24) is 10.2 Å². The second kappa shape index (κ2) is 8.92. The van der Waals surface area contributed by atoms with Crippen molar-refractivity contribution in [3.05, 3.63) is 34.3 Å². The minimum Gasteiger partial charge on any atom is -0.316 e. The Labute approximate surface area is 139 Å². The highest BCUT2D eigenvalue weighted by Gasteiger charge is 2.24. The first-order valence-electron chi connectivity index (χ1n) is 7.99. The highest BCUT2D eigenvalue weighted by atomic mass is 79.9. The smallest absolute Gasteiger partial charge is 0.0242 e. The zero-order valence-electron chi connectivity index (χ0n) is 14.2. The van der Waals surface area contributed by atoms with Gasteiger partial charge in [0.25, 0.3) is 0 Å². The van der Waals surface area contributed by atoms with E-state index in [1.807, 2.05) is 0 Å². The van der Waals surface area contributed by atoms with Crippen LogP contribution in [0.15, 0.2) is 28.7 Å². The van der Waals surface area contributed by atoms with Crippen LogP contribution in [-0.2, 0) is 6.54 Å². The fourth-order valence-corrected chi connectivity index (χ4v) is 2.99. The van der Waals surface area contributed by atoms with Crippen molar-refractivity contribution >= 4 is 15.9 Å². The van der Waals surface area contributed by atoms with Gasteiger partial charge in [-0.2, -0.15) is 0 Å². The van der Waals surface area contributed by atoms with E-state index in [9.17, 15) is 0 Å². The van der Waals surface area contributed by atoms with Gasteiger partial charge in [0.05, 0.1) is 0 Å². The lowest BCUT2D eigenvalue weighted by Crippen LogP contribution is -2.41. The molecule has 1 N–H and O–H groups in total. The molecule has 1 aromatic carbocycles. The molecule has 1 unspecified atom stereocenters. The number of nitrogens with one attached hydrogen (secondary N) is 1. The molecule has 0 aromatic heterocycles. The van der Waals surface area contributed by atoms with Gasteiger partial charge in [0.15, 0.2) is 0 Å². The fourth-order valence-electron chi connectivity index (χ4n) is 2.58. The summed E-state index contributed by atoms with van der Waals surface area (Å²) >= 11 is 3.64. The predicted molar refractivity (Wildman–Crippen MR) is 96.6 cm³/mol. The van der Waals surface area contributed by atoms with Crippen LogP contribution in [0.2, 0.25) is 0 Å². The lowest BCUT2D eigenvalue weighted by Gasteiger charge is -2.34. The molecule has 0 fully saturated rings. The molecule has 21 heavy (non-hydrogen) atoms. The first-order valence-corrected chi connectivity index (χ1v) is 8.78. The van der Waals surface area contributed by atoms with E-state index in [1.54, 1.807) is 0 Å². The van der Waals surface area contributed by atoms with Crippen LogP contribution in [-0.4, -0.2) is 31.6 Å². The Morgan fingerprint density at radius 1 is 1.29 bits per heavy atom. The topological polar surface area (TPSA) is 15.3 Å². The third-order valence-electron chi connectivity index (χ3n) is 4.01. The molecule has 1 aromatic rings. The molecular formula is C18H31BrN2. The van der Waals surface area contributed by atoms with Gasteiger partial charge in [-0.05, 0) is 43.0 Å². The van der Waals surface area contributed by atoms with Gasteiger partial charge in [0, 0.05) is 24.1 Å². The van der Waals surface area contributed by atoms with Crippen LogP contribution in [0.3, 0.4) is 0 Å². The van der Waals surface area contributed by atoms with Gasteiger partial charge in [-0.1, -0.05) is 61.8 Å². The van der Waals surface area contributed by atoms with Crippen molar-refractivity contribution in [3.8, 4) is 0 Å². The summed E-state index contributed by atoms with van der Waals surface area (Å²) in [5, 5.41) is 3.62. The summed E-state index contributed by atoms with van der Waals surface area (Å²) in [6, 6.07) is 8.49. The summed E-state index contributed by atoms with van der Waals surface area (Å²) in [4.78, 5) is 2.43. The normalized spacial score (nSPS) is 14.7. The molecule has 1 rings (SSSR count). The second-order valence-electron chi connectivity index (χ2n) is 6.95. The Kier molecular flexibility index (Phi) is 7.93. The zero-order chi connectivity index (χ0) is 15.9. The lowest BCUT2D eigenvalue weighted by molar-refractivity contribution is 0.173. The van der Waals surface area contributed by atoms with Crippen LogP contribution < -0.4 is 5.32 Å². The lowest BCUT2D eigenvalue weighted by atomic mass is 9.86. The van der Waals surface area contributed by atoms with Crippen molar-refractivity contribution in [2.45, 2.75) is 40.7 Å². The van der Waals surface area contributed by atoms with Gasteiger partial charge in [-0.25, -0.2) is 0 Å². The van der Waals surface area contributed by atoms with Gasteiger partial charge < -0.3 is 10.2 Å². The zero-order valence-corrected chi connectivity index (χ0v) is 15.8. The van der Waals surface area contributed by atoms with Crippen molar-refractivity contribution in [1.29, 1.82) is 0 Å². The van der Waals surface area contributed by atoms with E-state index in [4.69, 9.17) is 0 Å². The number of rotatable bonds is 9. The van der Waals surface area contributed by atoms with E-state index in [2.05, 4.69) is 85.2 Å². The summed E-state index contributed by atoms with van der Waals surface area (Å²) in [5.41, 5.74) is 1.68. The highest BCUT2D eigenvalue weighted by molar-refractivity contribution is 9.10. The van der Waals surface area contributed by atoms with E-state index in [0.717, 1.165) is 26.2 Å². The molecule has 0 aliphatic carbocycles. The van der Waals surface area contributed by atoms with E-state index in [1.165, 1.54) is 16.5 Å². The Morgan fingerprint density at radius 3 is 2.52 bits per heavy atom. The average Bonchev–Trinajstić information content (AvgIpc) is 2.41. The maximum atomic E-state index is 3.64. The Balaban J connectivity index is 2.53. The molecule has 1 atom stereocenters.